The molecule has 0 spiro atoms. The molecule has 0 heterocycles. The van der Waals surface area contributed by atoms with E-state index in [0.29, 0.717) is 17.5 Å². The first-order valence-electron chi connectivity index (χ1n) is 6.79. The van der Waals surface area contributed by atoms with Crippen LogP contribution in [0.25, 0.3) is 0 Å². The van der Waals surface area contributed by atoms with E-state index < -0.39 is 11.6 Å². The van der Waals surface area contributed by atoms with Crippen LogP contribution >= 0.6 is 0 Å². The fourth-order valence-electron chi connectivity index (χ4n) is 2.93. The highest BCUT2D eigenvalue weighted by Gasteiger charge is 2.23. The topological polar surface area (TPSA) is 12.0 Å². The van der Waals surface area contributed by atoms with Gasteiger partial charge in [-0.25, -0.2) is 8.78 Å². The Bertz CT molecular complexity index is 399. The minimum atomic E-state index is -0.521. The third kappa shape index (κ3) is 3.08. The van der Waals surface area contributed by atoms with Gasteiger partial charge in [0.15, 0.2) is 0 Å². The quantitative estimate of drug-likeness (QED) is 0.848. The molecule has 2 atom stereocenters. The fourth-order valence-corrected chi connectivity index (χ4v) is 2.93. The average molecular weight is 253 g/mol. The molecule has 1 aromatic rings. The van der Waals surface area contributed by atoms with Crippen LogP contribution in [-0.2, 0) is 0 Å². The Labute approximate surface area is 108 Å². The normalized spacial score (nSPS) is 20.0. The van der Waals surface area contributed by atoms with Crippen LogP contribution in [0.2, 0.25) is 0 Å². The average Bonchev–Trinajstić information content (AvgIpc) is 2.81. The second kappa shape index (κ2) is 5.79. The lowest BCUT2D eigenvalue weighted by Gasteiger charge is -2.25. The van der Waals surface area contributed by atoms with Gasteiger partial charge in [-0.05, 0) is 38.7 Å². The number of hydrogen-bond acceptors (Lipinski definition) is 1. The summed E-state index contributed by atoms with van der Waals surface area (Å²) in [5, 5.41) is 3.44. The first kappa shape index (κ1) is 13.5. The van der Waals surface area contributed by atoms with Crippen molar-refractivity contribution in [3.8, 4) is 0 Å². The van der Waals surface area contributed by atoms with Crippen molar-refractivity contribution >= 4 is 0 Å². The lowest BCUT2D eigenvalue weighted by atomic mass is 9.97. The molecule has 1 aromatic carbocycles. The van der Waals surface area contributed by atoms with E-state index in [0.717, 1.165) is 6.07 Å². The molecule has 2 unspecified atom stereocenters. The minimum absolute atomic E-state index is 0.0822. The molecule has 1 nitrogen and oxygen atoms in total. The number of hydrogen-bond donors (Lipinski definition) is 1. The van der Waals surface area contributed by atoms with Crippen molar-refractivity contribution in [1.29, 1.82) is 0 Å². The van der Waals surface area contributed by atoms with Crippen molar-refractivity contribution in [1.82, 2.24) is 5.32 Å². The molecule has 0 amide bonds. The smallest absolute Gasteiger partial charge is 0.130 e. The van der Waals surface area contributed by atoms with Gasteiger partial charge in [0.05, 0.1) is 0 Å². The summed E-state index contributed by atoms with van der Waals surface area (Å²) in [7, 11) is 0. The highest BCUT2D eigenvalue weighted by Crippen LogP contribution is 2.29. The van der Waals surface area contributed by atoms with Crippen LogP contribution < -0.4 is 5.32 Å². The molecule has 0 bridgehead atoms. The molecule has 0 aromatic heterocycles. The van der Waals surface area contributed by atoms with Crippen LogP contribution in [0.4, 0.5) is 8.78 Å². The van der Waals surface area contributed by atoms with Crippen molar-refractivity contribution < 1.29 is 8.78 Å². The number of rotatable bonds is 4. The first-order valence-corrected chi connectivity index (χ1v) is 6.79. The summed E-state index contributed by atoms with van der Waals surface area (Å²) in [6, 6.07) is 4.10. The van der Waals surface area contributed by atoms with E-state index in [1.807, 2.05) is 6.92 Å². The lowest BCUT2D eigenvalue weighted by Crippen LogP contribution is -2.34. The van der Waals surface area contributed by atoms with Crippen LogP contribution in [-0.4, -0.2) is 6.04 Å². The van der Waals surface area contributed by atoms with Gasteiger partial charge in [0.25, 0.3) is 0 Å². The summed E-state index contributed by atoms with van der Waals surface area (Å²) in [5.74, 6) is -0.295. The van der Waals surface area contributed by atoms with Gasteiger partial charge in [0.1, 0.15) is 11.6 Å². The van der Waals surface area contributed by atoms with Crippen molar-refractivity contribution in [2.24, 2.45) is 5.92 Å². The molecule has 0 saturated heterocycles. The first-order chi connectivity index (χ1) is 8.58. The van der Waals surface area contributed by atoms with Crippen LogP contribution in [0.1, 0.15) is 51.1 Å². The third-order valence-corrected chi connectivity index (χ3v) is 4.05. The van der Waals surface area contributed by atoms with Crippen molar-refractivity contribution in [2.75, 3.05) is 0 Å². The monoisotopic (exact) mass is 253 g/mol. The minimum Gasteiger partial charge on any atom is -0.307 e. The Hall–Kier alpha value is -0.960. The Morgan fingerprint density at radius 2 is 1.83 bits per heavy atom. The molecule has 100 valence electrons. The Kier molecular flexibility index (Phi) is 4.33. The highest BCUT2D eigenvalue weighted by molar-refractivity contribution is 5.21. The van der Waals surface area contributed by atoms with Crippen LogP contribution in [0.3, 0.4) is 0 Å². The molecular weight excluding hydrogens is 232 g/mol. The lowest BCUT2D eigenvalue weighted by molar-refractivity contribution is 0.348. The molecule has 1 aliphatic carbocycles. The third-order valence-electron chi connectivity index (χ3n) is 4.05. The molecule has 1 aliphatic rings. The zero-order valence-corrected chi connectivity index (χ0v) is 11.0. The van der Waals surface area contributed by atoms with Crippen molar-refractivity contribution in [2.45, 2.75) is 51.6 Å². The maximum atomic E-state index is 13.6. The van der Waals surface area contributed by atoms with Crippen LogP contribution in [0, 0.1) is 17.6 Å². The molecule has 3 heteroatoms. The molecular formula is C15H21F2N. The fraction of sp³-hybridized carbons (Fsp3) is 0.600. The molecule has 1 saturated carbocycles. The predicted octanol–water partition coefficient (Wildman–Crippen LogP) is 4.19. The van der Waals surface area contributed by atoms with Gasteiger partial charge in [-0.1, -0.05) is 18.9 Å². The second-order valence-electron chi connectivity index (χ2n) is 5.39. The van der Waals surface area contributed by atoms with Gasteiger partial charge >= 0.3 is 0 Å². The van der Waals surface area contributed by atoms with E-state index >= 15 is 0 Å². The maximum absolute atomic E-state index is 13.6. The maximum Gasteiger partial charge on any atom is 0.130 e. The molecule has 2 rings (SSSR count). The molecule has 0 radical (unpaired) electrons. The number of halogens is 2. The molecule has 1 N–H and O–H groups in total. The largest absolute Gasteiger partial charge is 0.307 e. The van der Waals surface area contributed by atoms with E-state index in [2.05, 4.69) is 12.2 Å². The van der Waals surface area contributed by atoms with E-state index in [4.69, 9.17) is 0 Å². The Morgan fingerprint density at radius 1 is 1.17 bits per heavy atom. The summed E-state index contributed by atoms with van der Waals surface area (Å²) < 4.78 is 26.5. The van der Waals surface area contributed by atoms with E-state index in [-0.39, 0.29) is 6.04 Å². The molecule has 1 fully saturated rings. The Balaban J connectivity index is 2.00. The summed E-state index contributed by atoms with van der Waals surface area (Å²) in [6.45, 7) is 4.09. The summed E-state index contributed by atoms with van der Waals surface area (Å²) >= 11 is 0. The second-order valence-corrected chi connectivity index (χ2v) is 5.39. The van der Waals surface area contributed by atoms with Gasteiger partial charge in [0.2, 0.25) is 0 Å². The van der Waals surface area contributed by atoms with E-state index in [9.17, 15) is 8.78 Å². The number of nitrogens with one attached hydrogen (secondary N) is 1. The summed E-state index contributed by atoms with van der Waals surface area (Å²) in [4.78, 5) is 0. The highest BCUT2D eigenvalue weighted by atomic mass is 19.1. The van der Waals surface area contributed by atoms with Crippen molar-refractivity contribution in [3.63, 3.8) is 0 Å². The van der Waals surface area contributed by atoms with Gasteiger partial charge in [-0.3, -0.25) is 0 Å². The van der Waals surface area contributed by atoms with Gasteiger partial charge < -0.3 is 5.32 Å². The van der Waals surface area contributed by atoms with Crippen molar-refractivity contribution in [3.05, 3.63) is 35.4 Å². The standard InChI is InChI=1S/C15H21F2N/c1-10(12-5-3-4-6-12)18-11(2)14-8-7-13(16)9-15(14)17/h7-12,18H,3-6H2,1-2H3. The molecule has 0 aliphatic heterocycles. The Morgan fingerprint density at radius 3 is 2.44 bits per heavy atom. The SMILES string of the molecule is CC(NC(C)C1CCCC1)c1ccc(F)cc1F. The zero-order valence-electron chi connectivity index (χ0n) is 11.0. The summed E-state index contributed by atoms with van der Waals surface area (Å²) in [6.07, 6.45) is 5.12. The van der Waals surface area contributed by atoms with Crippen LogP contribution in [0.5, 0.6) is 0 Å². The van der Waals surface area contributed by atoms with E-state index in [1.54, 1.807) is 0 Å². The predicted molar refractivity (Wildman–Crippen MR) is 69.3 cm³/mol. The van der Waals surface area contributed by atoms with Gasteiger partial charge in [-0.2, -0.15) is 0 Å². The summed E-state index contributed by atoms with van der Waals surface area (Å²) in [5.41, 5.74) is 0.543. The zero-order chi connectivity index (χ0) is 13.1. The van der Waals surface area contributed by atoms with E-state index in [1.165, 1.54) is 37.8 Å². The number of benzene rings is 1. The van der Waals surface area contributed by atoms with Crippen LogP contribution in [0.15, 0.2) is 18.2 Å². The molecule has 18 heavy (non-hydrogen) atoms. The van der Waals surface area contributed by atoms with Gasteiger partial charge in [0, 0.05) is 23.7 Å². The van der Waals surface area contributed by atoms with Gasteiger partial charge in [-0.15, -0.1) is 0 Å².